The highest BCUT2D eigenvalue weighted by molar-refractivity contribution is 5.74. The zero-order chi connectivity index (χ0) is 12.2. The van der Waals surface area contributed by atoms with Crippen LogP contribution in [0.4, 0.5) is 0 Å². The third-order valence-corrected chi connectivity index (χ3v) is 2.54. The van der Waals surface area contributed by atoms with Crippen molar-refractivity contribution in [3.63, 3.8) is 0 Å². The second kappa shape index (κ2) is 5.61. The van der Waals surface area contributed by atoms with Crippen LogP contribution in [0.25, 0.3) is 0 Å². The monoisotopic (exact) mass is 232 g/mol. The van der Waals surface area contributed by atoms with E-state index in [2.05, 4.69) is 0 Å². The molecule has 0 aromatic heterocycles. The summed E-state index contributed by atoms with van der Waals surface area (Å²) in [6.45, 7) is 6.88. The fraction of sp³-hybridized carbons (Fsp3) is 0.909. The molecule has 5 heteroatoms. The number of carbonyl (C=O) groups is 1. The van der Waals surface area contributed by atoms with Gasteiger partial charge in [-0.1, -0.05) is 13.8 Å². The van der Waals surface area contributed by atoms with E-state index in [-0.39, 0.29) is 19.3 Å². The van der Waals surface area contributed by atoms with Gasteiger partial charge in [-0.05, 0) is 13.3 Å². The quantitative estimate of drug-likeness (QED) is 0.707. The van der Waals surface area contributed by atoms with Crippen LogP contribution in [0.3, 0.4) is 0 Å². The molecule has 0 radical (unpaired) electrons. The average molecular weight is 232 g/mol. The summed E-state index contributed by atoms with van der Waals surface area (Å²) in [5.74, 6) is -0.589. The molecule has 1 saturated heterocycles. The molecule has 16 heavy (non-hydrogen) atoms. The Morgan fingerprint density at radius 3 is 2.56 bits per heavy atom. The second-order valence-corrected chi connectivity index (χ2v) is 4.53. The first-order valence-corrected chi connectivity index (χ1v) is 5.55. The molecule has 1 rings (SSSR count). The van der Waals surface area contributed by atoms with E-state index in [4.69, 9.17) is 14.2 Å². The van der Waals surface area contributed by atoms with E-state index in [0.29, 0.717) is 13.2 Å². The first kappa shape index (κ1) is 13.4. The Balaban J connectivity index is 2.47. The topological polar surface area (TPSA) is 65.0 Å². The van der Waals surface area contributed by atoms with Crippen LogP contribution in [0.2, 0.25) is 0 Å². The molecule has 1 unspecified atom stereocenters. The van der Waals surface area contributed by atoms with Crippen molar-refractivity contribution >= 4 is 5.97 Å². The van der Waals surface area contributed by atoms with Crippen molar-refractivity contribution in [2.45, 2.75) is 39.6 Å². The third-order valence-electron chi connectivity index (χ3n) is 2.54. The summed E-state index contributed by atoms with van der Waals surface area (Å²) < 4.78 is 15.5. The summed E-state index contributed by atoms with van der Waals surface area (Å²) in [4.78, 5) is 11.3. The molecule has 0 aromatic rings. The van der Waals surface area contributed by atoms with Gasteiger partial charge in [0.1, 0.15) is 0 Å². The van der Waals surface area contributed by atoms with Crippen molar-refractivity contribution in [3.05, 3.63) is 0 Å². The minimum Gasteiger partial charge on any atom is -0.464 e. The van der Waals surface area contributed by atoms with Crippen LogP contribution in [0, 0.1) is 5.41 Å². The largest absolute Gasteiger partial charge is 0.464 e. The van der Waals surface area contributed by atoms with Crippen molar-refractivity contribution in [1.82, 2.24) is 0 Å². The summed E-state index contributed by atoms with van der Waals surface area (Å²) in [5, 5.41) is 9.66. The van der Waals surface area contributed by atoms with E-state index in [9.17, 15) is 9.90 Å². The minimum absolute atomic E-state index is 0.260. The number of aliphatic hydroxyl groups excluding tert-OH is 1. The lowest BCUT2D eigenvalue weighted by atomic mass is 9.86. The maximum absolute atomic E-state index is 11.3. The minimum atomic E-state index is -1.12. The van der Waals surface area contributed by atoms with Crippen molar-refractivity contribution in [1.29, 1.82) is 0 Å². The Bertz CT molecular complexity index is 233. The molecule has 1 aliphatic heterocycles. The molecule has 0 aromatic carbocycles. The number of rotatable bonds is 5. The number of hydrogen-bond donors (Lipinski definition) is 1. The maximum Gasteiger partial charge on any atom is 0.334 e. The number of ether oxygens (including phenoxy) is 3. The molecular formula is C11H20O5. The SMILES string of the molecule is CCOC(=O)C(O)CC(C)(C)C1OCCO1. The lowest BCUT2D eigenvalue weighted by Gasteiger charge is -2.30. The van der Waals surface area contributed by atoms with Crippen molar-refractivity contribution in [3.8, 4) is 0 Å². The van der Waals surface area contributed by atoms with E-state index in [1.54, 1.807) is 6.92 Å². The number of hydrogen-bond acceptors (Lipinski definition) is 5. The van der Waals surface area contributed by atoms with E-state index in [1.165, 1.54) is 0 Å². The Kier molecular flexibility index (Phi) is 4.70. The highest BCUT2D eigenvalue weighted by atomic mass is 16.7. The van der Waals surface area contributed by atoms with Gasteiger partial charge in [0.2, 0.25) is 0 Å². The number of carbonyl (C=O) groups excluding carboxylic acids is 1. The molecular weight excluding hydrogens is 212 g/mol. The summed E-state index contributed by atoms with van der Waals surface area (Å²) >= 11 is 0. The van der Waals surface area contributed by atoms with Crippen LogP contribution in [-0.4, -0.2) is 43.3 Å². The smallest absolute Gasteiger partial charge is 0.334 e. The number of aliphatic hydroxyl groups is 1. The van der Waals surface area contributed by atoms with Crippen molar-refractivity contribution in [2.24, 2.45) is 5.41 Å². The second-order valence-electron chi connectivity index (χ2n) is 4.53. The van der Waals surface area contributed by atoms with Gasteiger partial charge in [-0.25, -0.2) is 4.79 Å². The van der Waals surface area contributed by atoms with Gasteiger partial charge in [0.25, 0.3) is 0 Å². The summed E-state index contributed by atoms with van der Waals surface area (Å²) in [5.41, 5.74) is -0.414. The van der Waals surface area contributed by atoms with Gasteiger partial charge in [0.15, 0.2) is 12.4 Å². The standard InChI is InChI=1S/C11H20O5/c1-4-14-9(13)8(12)7-11(2,3)10-15-5-6-16-10/h8,10,12H,4-7H2,1-3H3. The highest BCUT2D eigenvalue weighted by Gasteiger charge is 2.37. The Morgan fingerprint density at radius 2 is 2.06 bits per heavy atom. The van der Waals surface area contributed by atoms with Crippen LogP contribution < -0.4 is 0 Å². The maximum atomic E-state index is 11.3. The summed E-state index contributed by atoms with van der Waals surface area (Å²) in [6.07, 6.45) is -1.23. The third kappa shape index (κ3) is 3.43. The Hall–Kier alpha value is -0.650. The Labute approximate surface area is 95.7 Å². The molecule has 1 N–H and O–H groups in total. The van der Waals surface area contributed by atoms with Gasteiger partial charge in [0.05, 0.1) is 19.8 Å². The van der Waals surface area contributed by atoms with E-state index in [1.807, 2.05) is 13.8 Å². The fourth-order valence-electron chi connectivity index (χ4n) is 1.73. The first-order valence-electron chi connectivity index (χ1n) is 5.55. The van der Waals surface area contributed by atoms with Crippen LogP contribution in [-0.2, 0) is 19.0 Å². The predicted molar refractivity (Wildman–Crippen MR) is 56.7 cm³/mol. The first-order chi connectivity index (χ1) is 7.47. The lowest BCUT2D eigenvalue weighted by Crippen LogP contribution is -2.37. The van der Waals surface area contributed by atoms with Gasteiger partial charge in [-0.15, -0.1) is 0 Å². The lowest BCUT2D eigenvalue weighted by molar-refractivity contribution is -0.162. The van der Waals surface area contributed by atoms with Crippen LogP contribution in [0.15, 0.2) is 0 Å². The number of esters is 1. The molecule has 0 spiro atoms. The predicted octanol–water partition coefficient (Wildman–Crippen LogP) is 0.700. The van der Waals surface area contributed by atoms with Gasteiger partial charge < -0.3 is 19.3 Å². The van der Waals surface area contributed by atoms with Gasteiger partial charge in [-0.2, -0.15) is 0 Å². The van der Waals surface area contributed by atoms with Crippen molar-refractivity contribution < 1.29 is 24.1 Å². The molecule has 1 fully saturated rings. The molecule has 0 aliphatic carbocycles. The molecule has 1 aliphatic rings. The van der Waals surface area contributed by atoms with E-state index >= 15 is 0 Å². The normalized spacial score (nSPS) is 19.8. The highest BCUT2D eigenvalue weighted by Crippen LogP contribution is 2.32. The molecule has 5 nitrogen and oxygen atoms in total. The molecule has 94 valence electrons. The van der Waals surface area contributed by atoms with Gasteiger partial charge in [-0.3, -0.25) is 0 Å². The molecule has 1 atom stereocenters. The zero-order valence-corrected chi connectivity index (χ0v) is 10.1. The van der Waals surface area contributed by atoms with E-state index in [0.717, 1.165) is 0 Å². The molecule has 0 saturated carbocycles. The van der Waals surface area contributed by atoms with Crippen LogP contribution in [0.1, 0.15) is 27.2 Å². The summed E-state index contributed by atoms with van der Waals surface area (Å²) in [6, 6.07) is 0. The molecule has 1 heterocycles. The van der Waals surface area contributed by atoms with E-state index < -0.39 is 17.5 Å². The fourth-order valence-corrected chi connectivity index (χ4v) is 1.73. The Morgan fingerprint density at radius 1 is 1.50 bits per heavy atom. The van der Waals surface area contributed by atoms with Crippen LogP contribution >= 0.6 is 0 Å². The van der Waals surface area contributed by atoms with Crippen molar-refractivity contribution in [2.75, 3.05) is 19.8 Å². The molecule has 0 bridgehead atoms. The average Bonchev–Trinajstić information content (AvgIpc) is 2.70. The summed E-state index contributed by atoms with van der Waals surface area (Å²) in [7, 11) is 0. The molecule has 0 amide bonds. The zero-order valence-electron chi connectivity index (χ0n) is 10.1. The van der Waals surface area contributed by atoms with Crippen LogP contribution in [0.5, 0.6) is 0 Å². The van der Waals surface area contributed by atoms with Gasteiger partial charge >= 0.3 is 5.97 Å². The van der Waals surface area contributed by atoms with Gasteiger partial charge in [0, 0.05) is 5.41 Å².